The molecule has 1 heterocycles. The van der Waals surface area contributed by atoms with Crippen LogP contribution in [0.25, 0.3) is 0 Å². The maximum absolute atomic E-state index is 12.7. The summed E-state index contributed by atoms with van der Waals surface area (Å²) in [5.74, 6) is -0.426. The molecule has 6 nitrogen and oxygen atoms in total. The summed E-state index contributed by atoms with van der Waals surface area (Å²) in [5.41, 5.74) is 2.28. The van der Waals surface area contributed by atoms with E-state index in [0.717, 1.165) is 36.1 Å². The molecule has 0 atom stereocenters. The number of esters is 1. The first-order chi connectivity index (χ1) is 14.3. The van der Waals surface area contributed by atoms with Gasteiger partial charge in [0.25, 0.3) is 0 Å². The summed E-state index contributed by atoms with van der Waals surface area (Å²) in [6.07, 6.45) is 3.72. The van der Waals surface area contributed by atoms with Crippen LogP contribution in [0.2, 0.25) is 0 Å². The molecule has 3 rings (SSSR count). The van der Waals surface area contributed by atoms with Gasteiger partial charge in [-0.3, -0.25) is 9.59 Å². The average molecular weight is 447 g/mol. The Kier molecular flexibility index (Phi) is 7.55. The van der Waals surface area contributed by atoms with Gasteiger partial charge in [0.05, 0.1) is 17.4 Å². The summed E-state index contributed by atoms with van der Waals surface area (Å²) in [6.45, 7) is 5.10. The van der Waals surface area contributed by atoms with E-state index in [1.807, 2.05) is 26.0 Å². The third-order valence-electron chi connectivity index (χ3n) is 4.52. The zero-order chi connectivity index (χ0) is 21.7. The summed E-state index contributed by atoms with van der Waals surface area (Å²) in [5, 5.41) is 6.24. The van der Waals surface area contributed by atoms with Gasteiger partial charge in [-0.2, -0.15) is 0 Å². The number of benzene rings is 1. The van der Waals surface area contributed by atoms with Crippen molar-refractivity contribution in [2.45, 2.75) is 57.5 Å². The lowest BCUT2D eigenvalue weighted by Crippen LogP contribution is -2.18. The molecule has 0 bridgehead atoms. The van der Waals surface area contributed by atoms with E-state index in [1.165, 1.54) is 34.9 Å². The van der Waals surface area contributed by atoms with E-state index in [4.69, 9.17) is 4.74 Å². The van der Waals surface area contributed by atoms with Crippen molar-refractivity contribution in [3.63, 3.8) is 0 Å². The molecule has 1 aliphatic rings. The number of thioether (sulfide) groups is 1. The fourth-order valence-electron chi connectivity index (χ4n) is 3.29. The van der Waals surface area contributed by atoms with Crippen molar-refractivity contribution >= 4 is 51.6 Å². The fraction of sp³-hybridized carbons (Fsp3) is 0.409. The highest BCUT2D eigenvalue weighted by atomic mass is 32.2. The van der Waals surface area contributed by atoms with Crippen molar-refractivity contribution in [3.8, 4) is 0 Å². The second-order valence-corrected chi connectivity index (χ2v) is 9.57. The van der Waals surface area contributed by atoms with E-state index in [2.05, 4.69) is 10.6 Å². The highest BCUT2D eigenvalue weighted by Crippen LogP contribution is 2.39. The van der Waals surface area contributed by atoms with Gasteiger partial charge >= 0.3 is 5.97 Å². The molecule has 0 aliphatic heterocycles. The average Bonchev–Trinajstić information content (AvgIpc) is 3.04. The second-order valence-electron chi connectivity index (χ2n) is 7.41. The number of carbonyl (C=O) groups excluding carboxylic acids is 3. The molecule has 2 amide bonds. The Morgan fingerprint density at radius 3 is 2.47 bits per heavy atom. The van der Waals surface area contributed by atoms with Gasteiger partial charge in [0.1, 0.15) is 5.00 Å². The van der Waals surface area contributed by atoms with Gasteiger partial charge in [-0.1, -0.05) is 0 Å². The van der Waals surface area contributed by atoms with Crippen LogP contribution >= 0.6 is 23.1 Å². The largest absolute Gasteiger partial charge is 0.459 e. The van der Waals surface area contributed by atoms with Crippen LogP contribution in [0.3, 0.4) is 0 Å². The Bertz CT molecular complexity index is 935. The first-order valence-electron chi connectivity index (χ1n) is 9.99. The number of amides is 2. The molecule has 8 heteroatoms. The predicted octanol–water partition coefficient (Wildman–Crippen LogP) is 4.88. The third kappa shape index (κ3) is 5.86. The van der Waals surface area contributed by atoms with E-state index >= 15 is 0 Å². The molecular formula is C22H26N2O4S2. The highest BCUT2D eigenvalue weighted by molar-refractivity contribution is 8.00. The molecule has 30 heavy (non-hydrogen) atoms. The maximum atomic E-state index is 12.7. The molecule has 1 aromatic carbocycles. The molecule has 0 fully saturated rings. The van der Waals surface area contributed by atoms with Gasteiger partial charge in [-0.05, 0) is 69.4 Å². The van der Waals surface area contributed by atoms with Crippen LogP contribution in [-0.2, 0) is 27.2 Å². The molecule has 160 valence electrons. The number of hydrogen-bond donors (Lipinski definition) is 2. The first kappa shape index (κ1) is 22.4. The number of anilines is 2. The number of carbonyl (C=O) groups is 3. The lowest BCUT2D eigenvalue weighted by molar-refractivity contribution is -0.114. The van der Waals surface area contributed by atoms with Gasteiger partial charge in [0, 0.05) is 22.4 Å². The lowest BCUT2D eigenvalue weighted by atomic mass is 9.95. The Balaban J connectivity index is 1.66. The van der Waals surface area contributed by atoms with Crippen molar-refractivity contribution in [2.75, 3.05) is 16.4 Å². The summed E-state index contributed by atoms with van der Waals surface area (Å²) in [4.78, 5) is 38.4. The molecule has 0 saturated carbocycles. The number of ether oxygens (including phenoxy) is 1. The molecular weight excluding hydrogens is 420 g/mol. The van der Waals surface area contributed by atoms with Crippen LogP contribution in [0.4, 0.5) is 10.7 Å². The van der Waals surface area contributed by atoms with E-state index < -0.39 is 0 Å². The number of nitrogens with one attached hydrogen (secondary N) is 2. The van der Waals surface area contributed by atoms with Gasteiger partial charge < -0.3 is 15.4 Å². The van der Waals surface area contributed by atoms with Crippen LogP contribution in [0.1, 0.15) is 54.4 Å². The van der Waals surface area contributed by atoms with Gasteiger partial charge in [0.15, 0.2) is 0 Å². The third-order valence-corrected chi connectivity index (χ3v) is 6.73. The lowest BCUT2D eigenvalue weighted by Gasteiger charge is -2.14. The topological polar surface area (TPSA) is 84.5 Å². The molecule has 1 aliphatic carbocycles. The molecule has 0 unspecified atom stereocenters. The van der Waals surface area contributed by atoms with E-state index in [1.54, 1.807) is 12.1 Å². The van der Waals surface area contributed by atoms with E-state index in [-0.39, 0.29) is 29.6 Å². The number of hydrogen-bond acceptors (Lipinski definition) is 6. The summed E-state index contributed by atoms with van der Waals surface area (Å²) < 4.78 is 5.43. The van der Waals surface area contributed by atoms with Crippen LogP contribution in [-0.4, -0.2) is 29.6 Å². The smallest absolute Gasteiger partial charge is 0.341 e. The van der Waals surface area contributed by atoms with Gasteiger partial charge in [0.2, 0.25) is 11.8 Å². The quantitative estimate of drug-likeness (QED) is 0.468. The standard InChI is InChI=1S/C22H26N2O4S2/c1-13(2)28-22(27)20-17-6-4-5-7-18(17)30-21(20)24-19(26)12-29-16-10-8-15(9-11-16)23-14(3)25/h8-11,13H,4-7,12H2,1-3H3,(H,23,25)(H,24,26). The Hall–Kier alpha value is -2.32. The zero-order valence-electron chi connectivity index (χ0n) is 17.4. The summed E-state index contributed by atoms with van der Waals surface area (Å²) >= 11 is 2.89. The van der Waals surface area contributed by atoms with Crippen molar-refractivity contribution in [3.05, 3.63) is 40.3 Å². The maximum Gasteiger partial charge on any atom is 0.341 e. The number of rotatable bonds is 7. The summed E-state index contributed by atoms with van der Waals surface area (Å²) in [6, 6.07) is 7.32. The normalized spacial score (nSPS) is 12.9. The van der Waals surface area contributed by atoms with Crippen molar-refractivity contribution in [2.24, 2.45) is 0 Å². The predicted molar refractivity (Wildman–Crippen MR) is 122 cm³/mol. The SMILES string of the molecule is CC(=O)Nc1ccc(SCC(=O)Nc2sc3c(c2C(=O)OC(C)C)CCCC3)cc1. The fourth-order valence-corrected chi connectivity index (χ4v) is 5.28. The number of fused-ring (bicyclic) bond motifs is 1. The molecule has 0 spiro atoms. The molecule has 2 aromatic rings. The van der Waals surface area contributed by atoms with E-state index in [0.29, 0.717) is 16.3 Å². The van der Waals surface area contributed by atoms with Crippen LogP contribution in [0.5, 0.6) is 0 Å². The zero-order valence-corrected chi connectivity index (χ0v) is 19.0. The van der Waals surface area contributed by atoms with Crippen molar-refractivity contribution in [1.29, 1.82) is 0 Å². The number of thiophene rings is 1. The first-order valence-corrected chi connectivity index (χ1v) is 11.8. The molecule has 2 N–H and O–H groups in total. The Morgan fingerprint density at radius 1 is 1.10 bits per heavy atom. The van der Waals surface area contributed by atoms with Gasteiger partial charge in [-0.15, -0.1) is 23.1 Å². The summed E-state index contributed by atoms with van der Waals surface area (Å²) in [7, 11) is 0. The number of aryl methyl sites for hydroxylation is 1. The molecule has 0 saturated heterocycles. The highest BCUT2D eigenvalue weighted by Gasteiger charge is 2.27. The minimum absolute atomic E-state index is 0.125. The second kappa shape index (κ2) is 10.1. The van der Waals surface area contributed by atoms with Crippen LogP contribution in [0, 0.1) is 0 Å². The van der Waals surface area contributed by atoms with Gasteiger partial charge in [-0.25, -0.2) is 4.79 Å². The Labute approximate surface area is 184 Å². The van der Waals surface area contributed by atoms with Crippen molar-refractivity contribution < 1.29 is 19.1 Å². The van der Waals surface area contributed by atoms with Crippen LogP contribution in [0.15, 0.2) is 29.2 Å². The monoisotopic (exact) mass is 446 g/mol. The molecule has 1 aromatic heterocycles. The molecule has 0 radical (unpaired) electrons. The van der Waals surface area contributed by atoms with Crippen LogP contribution < -0.4 is 10.6 Å². The van der Waals surface area contributed by atoms with E-state index in [9.17, 15) is 14.4 Å². The van der Waals surface area contributed by atoms with Crippen molar-refractivity contribution in [1.82, 2.24) is 0 Å². The minimum Gasteiger partial charge on any atom is -0.459 e. The minimum atomic E-state index is -0.360. The Morgan fingerprint density at radius 2 is 1.80 bits per heavy atom.